The summed E-state index contributed by atoms with van der Waals surface area (Å²) in [4.78, 5) is 15.2. The molecule has 4 aliphatic rings. The average molecular weight is 329 g/mol. The fraction of sp³-hybridized carbons (Fsp3) is 1.00. The Kier molecular flexibility index (Phi) is 4.17. The molecule has 4 aliphatic heterocycles. The van der Waals surface area contributed by atoms with E-state index in [1.165, 1.54) is 0 Å². The van der Waals surface area contributed by atoms with Gasteiger partial charge in [-0.05, 0) is 12.8 Å². The van der Waals surface area contributed by atoms with Crippen LogP contribution in [0.15, 0.2) is 0 Å². The van der Waals surface area contributed by atoms with Crippen LogP contribution in [0.2, 0.25) is 0 Å². The van der Waals surface area contributed by atoms with Crippen molar-refractivity contribution < 1.29 is 28.9 Å². The highest BCUT2D eigenvalue weighted by atomic mass is 17.0. The van der Waals surface area contributed by atoms with Gasteiger partial charge in [0, 0.05) is 17.8 Å². The Morgan fingerprint density at radius 3 is 2.17 bits per heavy atom. The van der Waals surface area contributed by atoms with E-state index >= 15 is 0 Å². The van der Waals surface area contributed by atoms with Crippen molar-refractivity contribution in [3.8, 4) is 0 Å². The van der Waals surface area contributed by atoms with Crippen molar-refractivity contribution in [3.63, 3.8) is 0 Å². The number of fused-ring (bicyclic) bond motifs is 2. The molecular formula is C15H23NO7. The molecule has 4 heterocycles. The third kappa shape index (κ3) is 2.82. The highest BCUT2D eigenvalue weighted by molar-refractivity contribution is 4.96. The van der Waals surface area contributed by atoms with Crippen molar-refractivity contribution in [3.05, 3.63) is 10.1 Å². The Balaban J connectivity index is 1.29. The normalized spacial score (nSPS) is 48.4. The molecule has 0 aromatic rings. The molecule has 8 heteroatoms. The number of hydrogen-bond acceptors (Lipinski definition) is 7. The molecule has 0 amide bonds. The maximum absolute atomic E-state index is 10.5. The Labute approximate surface area is 134 Å². The summed E-state index contributed by atoms with van der Waals surface area (Å²) in [6.45, 7) is 4.52. The van der Waals surface area contributed by atoms with Gasteiger partial charge in [-0.2, -0.15) is 0 Å². The van der Waals surface area contributed by atoms with Crippen LogP contribution < -0.4 is 0 Å². The fourth-order valence-corrected chi connectivity index (χ4v) is 4.44. The molecule has 0 bridgehead atoms. The number of rotatable bonds is 5. The first kappa shape index (κ1) is 15.6. The van der Waals surface area contributed by atoms with Crippen LogP contribution in [0.5, 0.6) is 0 Å². The highest BCUT2D eigenvalue weighted by Gasteiger charge is 2.50. The van der Waals surface area contributed by atoms with E-state index in [-0.39, 0.29) is 36.9 Å². The third-order valence-electron chi connectivity index (χ3n) is 5.64. The Morgan fingerprint density at radius 2 is 1.48 bits per heavy atom. The van der Waals surface area contributed by atoms with Crippen molar-refractivity contribution in [2.75, 3.05) is 26.4 Å². The zero-order valence-corrected chi connectivity index (χ0v) is 13.2. The lowest BCUT2D eigenvalue weighted by atomic mass is 9.88. The molecule has 4 fully saturated rings. The predicted molar refractivity (Wildman–Crippen MR) is 76.2 cm³/mol. The summed E-state index contributed by atoms with van der Waals surface area (Å²) < 4.78 is 23.2. The molecule has 0 aromatic heterocycles. The van der Waals surface area contributed by atoms with E-state index in [9.17, 15) is 10.1 Å². The van der Waals surface area contributed by atoms with Gasteiger partial charge in [-0.3, -0.25) is 0 Å². The van der Waals surface area contributed by atoms with Crippen molar-refractivity contribution >= 4 is 0 Å². The standard InChI is InChI=1S/C15H23NO7/c1-8-4-19-13-9(5-20-12(8)13)2-3-10-6-21-15-11(23-16(17)18)7-22-14(10)15/h8-15H,2-7H2,1H3/t8?,9?,10?,11?,12-,13-,14-,15-/m1/s1. The number of hydrogen-bond donors (Lipinski definition) is 0. The van der Waals surface area contributed by atoms with Crippen molar-refractivity contribution in [2.24, 2.45) is 17.8 Å². The Bertz CT molecular complexity index is 461. The van der Waals surface area contributed by atoms with Crippen LogP contribution in [0.25, 0.3) is 0 Å². The van der Waals surface area contributed by atoms with Crippen LogP contribution in [0.4, 0.5) is 0 Å². The van der Waals surface area contributed by atoms with E-state index < -0.39 is 11.2 Å². The number of nitrogens with zero attached hydrogens (tertiary/aromatic N) is 1. The molecule has 8 atom stereocenters. The molecule has 0 aromatic carbocycles. The van der Waals surface area contributed by atoms with Gasteiger partial charge in [0.2, 0.25) is 0 Å². The second kappa shape index (κ2) is 6.16. The molecule has 0 N–H and O–H groups in total. The Morgan fingerprint density at radius 1 is 0.913 bits per heavy atom. The molecule has 4 saturated heterocycles. The van der Waals surface area contributed by atoms with E-state index in [0.717, 1.165) is 26.1 Å². The first-order chi connectivity index (χ1) is 11.1. The summed E-state index contributed by atoms with van der Waals surface area (Å²) in [6, 6.07) is 0. The van der Waals surface area contributed by atoms with Crippen molar-refractivity contribution in [2.45, 2.75) is 50.3 Å². The second-order valence-corrected chi connectivity index (χ2v) is 7.13. The van der Waals surface area contributed by atoms with Gasteiger partial charge in [0.1, 0.15) is 6.10 Å². The van der Waals surface area contributed by atoms with E-state index in [1.807, 2.05) is 0 Å². The third-order valence-corrected chi connectivity index (χ3v) is 5.64. The monoisotopic (exact) mass is 329 g/mol. The summed E-state index contributed by atoms with van der Waals surface area (Å²) in [5.74, 6) is 1.16. The fourth-order valence-electron chi connectivity index (χ4n) is 4.44. The van der Waals surface area contributed by atoms with Crippen LogP contribution in [0.3, 0.4) is 0 Å². The van der Waals surface area contributed by atoms with E-state index in [0.29, 0.717) is 18.4 Å². The molecular weight excluding hydrogens is 306 g/mol. The largest absolute Gasteiger partial charge is 0.375 e. The molecule has 0 radical (unpaired) electrons. The van der Waals surface area contributed by atoms with Gasteiger partial charge < -0.3 is 23.8 Å². The van der Waals surface area contributed by atoms with Gasteiger partial charge in [-0.15, -0.1) is 10.1 Å². The summed E-state index contributed by atoms with van der Waals surface area (Å²) in [5.41, 5.74) is 0. The second-order valence-electron chi connectivity index (χ2n) is 7.13. The van der Waals surface area contributed by atoms with Gasteiger partial charge in [0.05, 0.1) is 44.7 Å². The molecule has 0 spiro atoms. The van der Waals surface area contributed by atoms with Gasteiger partial charge in [-0.25, -0.2) is 0 Å². The molecule has 130 valence electrons. The van der Waals surface area contributed by atoms with Crippen LogP contribution >= 0.6 is 0 Å². The zero-order valence-electron chi connectivity index (χ0n) is 13.2. The van der Waals surface area contributed by atoms with E-state index in [4.69, 9.17) is 18.9 Å². The summed E-state index contributed by atoms with van der Waals surface area (Å²) in [7, 11) is 0. The van der Waals surface area contributed by atoms with E-state index in [1.54, 1.807) is 0 Å². The van der Waals surface area contributed by atoms with E-state index in [2.05, 4.69) is 11.8 Å². The van der Waals surface area contributed by atoms with Gasteiger partial charge in [-0.1, -0.05) is 6.92 Å². The Hall–Kier alpha value is -0.960. The summed E-state index contributed by atoms with van der Waals surface area (Å²) >= 11 is 0. The first-order valence-corrected chi connectivity index (χ1v) is 8.41. The van der Waals surface area contributed by atoms with Crippen LogP contribution in [0, 0.1) is 27.9 Å². The quantitative estimate of drug-likeness (QED) is 0.544. The summed E-state index contributed by atoms with van der Waals surface area (Å²) in [5, 5.41) is 9.74. The topological polar surface area (TPSA) is 89.3 Å². The minimum absolute atomic E-state index is 0.0958. The predicted octanol–water partition coefficient (Wildman–Crippen LogP) is 0.807. The maximum Gasteiger partial charge on any atom is 0.294 e. The highest BCUT2D eigenvalue weighted by Crippen LogP contribution is 2.40. The van der Waals surface area contributed by atoms with Gasteiger partial charge in [0.25, 0.3) is 5.09 Å². The lowest BCUT2D eigenvalue weighted by Gasteiger charge is -2.20. The first-order valence-electron chi connectivity index (χ1n) is 8.41. The van der Waals surface area contributed by atoms with Gasteiger partial charge >= 0.3 is 0 Å². The number of ether oxygens (including phenoxy) is 4. The van der Waals surface area contributed by atoms with Crippen LogP contribution in [-0.4, -0.2) is 62.0 Å². The minimum Gasteiger partial charge on any atom is -0.375 e. The minimum atomic E-state index is -0.762. The molecule has 4 unspecified atom stereocenters. The van der Waals surface area contributed by atoms with Gasteiger partial charge in [0.15, 0.2) is 6.10 Å². The SMILES string of the molecule is CC1CO[C@@H]2C(CCC3CO[C@@H]4C(O[N+](=O)[O-])CO[C@H]34)CO[C@H]12. The molecule has 8 nitrogen and oxygen atoms in total. The lowest BCUT2D eigenvalue weighted by Crippen LogP contribution is -2.33. The molecule has 0 saturated carbocycles. The van der Waals surface area contributed by atoms with Crippen LogP contribution in [-0.2, 0) is 23.8 Å². The average Bonchev–Trinajstić information content (AvgIpc) is 3.22. The van der Waals surface area contributed by atoms with Crippen LogP contribution in [0.1, 0.15) is 19.8 Å². The zero-order chi connectivity index (χ0) is 16.0. The lowest BCUT2D eigenvalue weighted by molar-refractivity contribution is -0.769. The smallest absolute Gasteiger partial charge is 0.294 e. The molecule has 0 aliphatic carbocycles. The maximum atomic E-state index is 10.5. The van der Waals surface area contributed by atoms with Crippen molar-refractivity contribution in [1.82, 2.24) is 0 Å². The summed E-state index contributed by atoms with van der Waals surface area (Å²) in [6.07, 6.45) is 1.42. The van der Waals surface area contributed by atoms with Crippen molar-refractivity contribution in [1.29, 1.82) is 0 Å². The molecule has 23 heavy (non-hydrogen) atoms. The molecule has 4 rings (SSSR count).